The second-order valence-electron chi connectivity index (χ2n) is 12.8. The summed E-state index contributed by atoms with van der Waals surface area (Å²) in [6.07, 6.45) is -1.66. The van der Waals surface area contributed by atoms with Crippen molar-refractivity contribution in [2.75, 3.05) is 112 Å². The van der Waals surface area contributed by atoms with Crippen LogP contribution in [0.25, 0.3) is 0 Å². The Morgan fingerprint density at radius 3 is 1.60 bits per heavy atom. The van der Waals surface area contributed by atoms with E-state index in [1.807, 2.05) is 25.7 Å². The minimum atomic E-state index is -4.08. The number of aliphatic hydroxyl groups excluding tert-OH is 3. The molecule has 17 nitrogen and oxygen atoms in total. The van der Waals surface area contributed by atoms with Crippen molar-refractivity contribution in [1.29, 1.82) is 0 Å². The fourth-order valence-electron chi connectivity index (χ4n) is 4.37. The Bertz CT molecular complexity index is 741. The molecule has 0 aromatic heterocycles. The molecular weight excluding hydrogens is 655 g/mol. The number of rotatable bonds is 32. The summed E-state index contributed by atoms with van der Waals surface area (Å²) in [7, 11) is -6.45. The summed E-state index contributed by atoms with van der Waals surface area (Å²) in [5.74, 6) is 0. The predicted octanol–water partition coefficient (Wildman–Crippen LogP) is -4.07. The molecule has 0 aromatic rings. The van der Waals surface area contributed by atoms with Crippen molar-refractivity contribution < 1.29 is 57.9 Å². The van der Waals surface area contributed by atoms with Gasteiger partial charge in [-0.05, 0) is 33.6 Å². The van der Waals surface area contributed by atoms with Gasteiger partial charge in [0, 0.05) is 104 Å². The van der Waals surface area contributed by atoms with Crippen LogP contribution < -0.4 is 16.4 Å². The summed E-state index contributed by atoms with van der Waals surface area (Å²) in [6, 6.07) is -0.00887. The van der Waals surface area contributed by atoms with Gasteiger partial charge in [-0.15, -0.1) is 0 Å². The van der Waals surface area contributed by atoms with Crippen molar-refractivity contribution in [2.24, 2.45) is 5.73 Å². The normalized spacial score (nSPS) is 15.1. The van der Waals surface area contributed by atoms with Gasteiger partial charge in [0.2, 0.25) is 0 Å². The maximum absolute atomic E-state index is 10.6. The molecule has 0 bridgehead atoms. The second kappa shape index (κ2) is 26.5. The lowest BCUT2D eigenvalue weighted by molar-refractivity contribution is -0.0601. The van der Waals surface area contributed by atoms with Crippen LogP contribution >= 0.6 is 0 Å². The number of hydrogen-bond acceptors (Lipinski definition) is 17. The van der Waals surface area contributed by atoms with E-state index in [1.165, 1.54) is 7.11 Å². The first-order valence-electron chi connectivity index (χ1n) is 16.5. The highest BCUT2D eigenvalue weighted by Crippen LogP contribution is 2.09. The molecule has 0 aliphatic carbocycles. The van der Waals surface area contributed by atoms with Gasteiger partial charge in [-0.25, -0.2) is 0 Å². The molecule has 0 radical (unpaired) electrons. The summed E-state index contributed by atoms with van der Waals surface area (Å²) in [6.45, 7) is 12.4. The summed E-state index contributed by atoms with van der Waals surface area (Å²) in [4.78, 5) is 50.5. The molecule has 3 atom stereocenters. The lowest BCUT2D eigenvalue weighted by atomic mass is 10.2. The molecule has 19 heteroatoms. The van der Waals surface area contributed by atoms with Gasteiger partial charge in [0.1, 0.15) is 0 Å². The molecular formula is C28H67N5O12Si2. The molecule has 0 amide bonds. The number of nitrogens with two attached hydrogens (primary N) is 1. The van der Waals surface area contributed by atoms with Gasteiger partial charge in [0.25, 0.3) is 0 Å². The SMILES string of the molecule is CO[Si](O)(O)CCCOCC(O)CN(CCNCCN(CCNCCN)CC(O)COCCC[Si](O)(O)O)CC(O)COC(C)(C)C. The Kier molecular flexibility index (Phi) is 26.4. The number of hydrogen-bond donors (Lipinski definition) is 11. The van der Waals surface area contributed by atoms with Crippen molar-refractivity contribution in [3.63, 3.8) is 0 Å². The molecule has 0 heterocycles. The van der Waals surface area contributed by atoms with E-state index in [0.717, 1.165) is 0 Å². The van der Waals surface area contributed by atoms with Gasteiger partial charge in [0.05, 0.1) is 43.7 Å². The molecule has 0 saturated carbocycles. The first-order chi connectivity index (χ1) is 22.0. The van der Waals surface area contributed by atoms with Crippen LogP contribution in [0.4, 0.5) is 0 Å². The Balaban J connectivity index is 4.82. The molecule has 0 aliphatic heterocycles. The molecule has 0 fully saturated rings. The Morgan fingerprint density at radius 2 is 1.13 bits per heavy atom. The minimum absolute atomic E-state index is 0.0584. The van der Waals surface area contributed by atoms with E-state index in [1.54, 1.807) is 0 Å². The third-order valence-electron chi connectivity index (χ3n) is 6.79. The molecule has 0 rings (SSSR count). The van der Waals surface area contributed by atoms with Crippen molar-refractivity contribution in [3.05, 3.63) is 0 Å². The summed E-state index contributed by atoms with van der Waals surface area (Å²) < 4.78 is 21.4. The maximum Gasteiger partial charge on any atom is 0.495 e. The first-order valence-corrected chi connectivity index (χ1v) is 20.6. The third-order valence-corrected chi connectivity index (χ3v) is 9.47. The molecule has 0 aliphatic rings. The van der Waals surface area contributed by atoms with Crippen molar-refractivity contribution >= 4 is 17.6 Å². The number of nitrogens with one attached hydrogen (secondary N) is 2. The predicted molar refractivity (Wildman–Crippen MR) is 181 cm³/mol. The quantitative estimate of drug-likeness (QED) is 0.0233. The Hall–Kier alpha value is -0.246. The summed E-state index contributed by atoms with van der Waals surface area (Å²) in [5, 5.41) is 38.3. The molecule has 47 heavy (non-hydrogen) atoms. The number of aliphatic hydroxyl groups is 3. The van der Waals surface area contributed by atoms with Crippen LogP contribution in [0, 0.1) is 0 Å². The van der Waals surface area contributed by atoms with Gasteiger partial charge in [-0.1, -0.05) is 0 Å². The van der Waals surface area contributed by atoms with E-state index < -0.39 is 41.5 Å². The van der Waals surface area contributed by atoms with Crippen molar-refractivity contribution in [1.82, 2.24) is 20.4 Å². The molecule has 3 unspecified atom stereocenters. The topological polar surface area (TPSA) is 255 Å². The van der Waals surface area contributed by atoms with Crippen molar-refractivity contribution in [2.45, 2.75) is 69.6 Å². The Morgan fingerprint density at radius 1 is 0.681 bits per heavy atom. The van der Waals surface area contributed by atoms with E-state index in [9.17, 15) is 24.9 Å². The second-order valence-corrected chi connectivity index (χ2v) is 17.3. The molecule has 284 valence electrons. The standard InChI is InChI=1S/C28H67N5O12Si2/c1-28(2,3)45-24-27(36)21-33(20-26(35)23-44-16-6-18-47(40,41)42-4)14-11-31-10-13-32(12-9-30-8-7-29)19-25(34)22-43-15-5-17-46(37,38)39/h25-27,30-31,34-41H,5-24,29H2,1-4H3. The highest BCUT2D eigenvalue weighted by Gasteiger charge is 2.29. The van der Waals surface area contributed by atoms with Crippen molar-refractivity contribution in [3.8, 4) is 0 Å². The zero-order chi connectivity index (χ0) is 35.8. The summed E-state index contributed by atoms with van der Waals surface area (Å²) >= 11 is 0. The highest BCUT2D eigenvalue weighted by atomic mass is 28.4. The minimum Gasteiger partial charge on any atom is -0.390 e. The van der Waals surface area contributed by atoms with E-state index in [-0.39, 0.29) is 64.6 Å². The van der Waals surface area contributed by atoms with Crippen LogP contribution in [0.2, 0.25) is 12.1 Å². The van der Waals surface area contributed by atoms with Gasteiger partial charge in [-0.3, -0.25) is 9.80 Å². The van der Waals surface area contributed by atoms with E-state index in [0.29, 0.717) is 65.3 Å². The molecule has 0 spiro atoms. The van der Waals surface area contributed by atoms with Crippen LogP contribution in [0.5, 0.6) is 0 Å². The highest BCUT2D eigenvalue weighted by molar-refractivity contribution is 6.57. The monoisotopic (exact) mass is 721 g/mol. The fourth-order valence-corrected chi connectivity index (χ4v) is 5.80. The van der Waals surface area contributed by atoms with Crippen LogP contribution in [0.1, 0.15) is 33.6 Å². The first kappa shape index (κ1) is 46.8. The lowest BCUT2D eigenvalue weighted by Gasteiger charge is -2.29. The average molecular weight is 722 g/mol. The van der Waals surface area contributed by atoms with Crippen LogP contribution in [0.15, 0.2) is 0 Å². The van der Waals surface area contributed by atoms with Gasteiger partial charge >= 0.3 is 17.6 Å². The van der Waals surface area contributed by atoms with Crippen LogP contribution in [0.3, 0.4) is 0 Å². The van der Waals surface area contributed by atoms with Gasteiger partial charge in [0.15, 0.2) is 0 Å². The largest absolute Gasteiger partial charge is 0.495 e. The van der Waals surface area contributed by atoms with Gasteiger partial charge < -0.3 is 74.3 Å². The van der Waals surface area contributed by atoms with Gasteiger partial charge in [-0.2, -0.15) is 0 Å². The zero-order valence-corrected chi connectivity index (χ0v) is 31.1. The molecule has 12 N–H and O–H groups in total. The third kappa shape index (κ3) is 31.5. The maximum atomic E-state index is 10.6. The molecule has 0 saturated heterocycles. The van der Waals surface area contributed by atoms with E-state index in [2.05, 4.69) is 15.5 Å². The fraction of sp³-hybridized carbons (Fsp3) is 1.00. The molecule has 0 aromatic carbocycles. The zero-order valence-electron chi connectivity index (χ0n) is 29.1. The van der Waals surface area contributed by atoms with E-state index >= 15 is 0 Å². The summed E-state index contributed by atoms with van der Waals surface area (Å²) in [5.41, 5.74) is 5.17. The average Bonchev–Trinajstić information content (AvgIpc) is 2.96. The van der Waals surface area contributed by atoms with E-state index in [4.69, 9.17) is 38.8 Å². The van der Waals surface area contributed by atoms with Crippen LogP contribution in [-0.2, 0) is 18.6 Å². The lowest BCUT2D eigenvalue weighted by Crippen LogP contribution is -2.46. The Labute approximate surface area is 283 Å². The smallest absolute Gasteiger partial charge is 0.390 e. The number of nitrogens with zero attached hydrogens (tertiary/aromatic N) is 2. The number of ether oxygens (including phenoxy) is 3. The van der Waals surface area contributed by atoms with Crippen LogP contribution in [-0.4, -0.2) is 203 Å².